The molecular formula is C19H32O8Ti. The van der Waals surface area contributed by atoms with E-state index >= 15 is 0 Å². The van der Waals surface area contributed by atoms with Gasteiger partial charge >= 0.3 is 23.7 Å². The van der Waals surface area contributed by atoms with Crippen LogP contribution >= 0.6 is 0 Å². The molecule has 0 radical (unpaired) electrons. The van der Waals surface area contributed by atoms with Crippen LogP contribution in [0.1, 0.15) is 81.1 Å². The SMILES string of the molecule is CC(C)=O.CCC(CC)(C(C)=O)C(=O)[O-].CCC(CC)(C(C)=O)C(=O)[O-].[O]=[Ti+2]. The topological polar surface area (TPSA) is 149 Å². The van der Waals surface area contributed by atoms with E-state index in [0.717, 1.165) is 20.4 Å². The molecule has 0 aliphatic carbocycles. The van der Waals surface area contributed by atoms with Crippen LogP contribution in [0, 0.1) is 10.8 Å². The van der Waals surface area contributed by atoms with E-state index in [9.17, 15) is 34.2 Å². The Hall–Kier alpha value is -1.54. The number of carboxylic acids is 2. The summed E-state index contributed by atoms with van der Waals surface area (Å²) in [7, 11) is 0. The fourth-order valence-corrected chi connectivity index (χ4v) is 2.36. The molecular weight excluding hydrogens is 404 g/mol. The van der Waals surface area contributed by atoms with Crippen molar-refractivity contribution in [3.05, 3.63) is 0 Å². The molecule has 0 N–H and O–H groups in total. The fraction of sp³-hybridized carbons (Fsp3) is 0.737. The van der Waals surface area contributed by atoms with Gasteiger partial charge in [-0.3, -0.25) is 9.59 Å². The van der Waals surface area contributed by atoms with Crippen LogP contribution in [0.2, 0.25) is 0 Å². The summed E-state index contributed by atoms with van der Waals surface area (Å²) in [6.07, 6.45) is 1.23. The predicted molar refractivity (Wildman–Crippen MR) is 94.4 cm³/mol. The van der Waals surface area contributed by atoms with Gasteiger partial charge in [0.05, 0.1) is 22.8 Å². The Kier molecular flexibility index (Phi) is 21.3. The Morgan fingerprint density at radius 1 is 0.607 bits per heavy atom. The first-order valence-electron chi connectivity index (χ1n) is 8.88. The van der Waals surface area contributed by atoms with Gasteiger partial charge in [0.1, 0.15) is 17.3 Å². The summed E-state index contributed by atoms with van der Waals surface area (Å²) >= 11 is 0.750. The van der Waals surface area contributed by atoms with Gasteiger partial charge in [-0.25, -0.2) is 0 Å². The first-order chi connectivity index (χ1) is 12.7. The minimum atomic E-state index is -1.25. The Morgan fingerprint density at radius 3 is 0.750 bits per heavy atom. The molecule has 0 saturated carbocycles. The Morgan fingerprint density at radius 2 is 0.750 bits per heavy atom. The van der Waals surface area contributed by atoms with Crippen molar-refractivity contribution in [2.45, 2.75) is 81.1 Å². The number of carboxylic acid groups (broad SMARTS) is 2. The molecule has 9 heteroatoms. The molecule has 8 nitrogen and oxygen atoms in total. The van der Waals surface area contributed by atoms with Crippen LogP contribution in [0.15, 0.2) is 0 Å². The quantitative estimate of drug-likeness (QED) is 0.399. The van der Waals surface area contributed by atoms with Crippen LogP contribution < -0.4 is 10.2 Å². The molecule has 160 valence electrons. The molecule has 0 aromatic rings. The second-order valence-electron chi connectivity index (χ2n) is 6.17. The number of hydrogen-bond donors (Lipinski definition) is 0. The van der Waals surface area contributed by atoms with Gasteiger partial charge in [0.15, 0.2) is 0 Å². The average Bonchev–Trinajstić information content (AvgIpc) is 2.58. The van der Waals surface area contributed by atoms with E-state index in [1.165, 1.54) is 27.7 Å². The Labute approximate surface area is 179 Å². The first kappa shape index (κ1) is 34.0. The normalized spacial score (nSPS) is 9.93. The summed E-state index contributed by atoms with van der Waals surface area (Å²) in [6, 6.07) is 0. The first-order valence-corrected chi connectivity index (χ1v) is 9.51. The van der Waals surface area contributed by atoms with Gasteiger partial charge in [0, 0.05) is 0 Å². The molecule has 0 bridgehead atoms. The molecule has 0 heterocycles. The second kappa shape index (κ2) is 17.6. The standard InChI is InChI=1S/2C8H14O3.C3H6O.O.Ti/c2*1-4-8(5-2,6(3)9)7(10)11;1-3(2)4;;/h2*4-5H2,1-3H3,(H,10,11);1-2H3;;/q;;;;+2/p-2. The molecule has 0 atom stereocenters. The third-order valence-corrected chi connectivity index (χ3v) is 4.54. The number of hydrogen-bond acceptors (Lipinski definition) is 8. The molecule has 0 amide bonds. The van der Waals surface area contributed by atoms with Gasteiger partial charge in [-0.1, -0.05) is 27.7 Å². The maximum atomic E-state index is 10.9. The minimum absolute atomic E-state index is 0.167. The van der Waals surface area contributed by atoms with Crippen molar-refractivity contribution in [3.8, 4) is 0 Å². The van der Waals surface area contributed by atoms with Gasteiger partial charge in [0.2, 0.25) is 0 Å². The van der Waals surface area contributed by atoms with Gasteiger partial charge in [-0.2, -0.15) is 0 Å². The van der Waals surface area contributed by atoms with E-state index < -0.39 is 22.8 Å². The molecule has 0 saturated heterocycles. The maximum absolute atomic E-state index is 10.9. The molecule has 0 aliphatic heterocycles. The summed E-state index contributed by atoms with van der Waals surface area (Å²) in [5.41, 5.74) is -2.50. The number of aliphatic carboxylic acids is 2. The van der Waals surface area contributed by atoms with Crippen molar-refractivity contribution in [2.75, 3.05) is 0 Å². The van der Waals surface area contributed by atoms with Crippen LogP contribution in [0.4, 0.5) is 0 Å². The summed E-state index contributed by atoms with van der Waals surface area (Å²) in [4.78, 5) is 52.5. The Balaban J connectivity index is -0.000000161. The van der Waals surface area contributed by atoms with Crippen LogP contribution in [-0.2, 0) is 47.7 Å². The Bertz CT molecular complexity index is 444. The van der Waals surface area contributed by atoms with Crippen molar-refractivity contribution in [2.24, 2.45) is 10.8 Å². The molecule has 0 aromatic heterocycles. The van der Waals surface area contributed by atoms with Crippen molar-refractivity contribution in [1.29, 1.82) is 0 Å². The molecule has 0 unspecified atom stereocenters. The van der Waals surface area contributed by atoms with Gasteiger partial charge in [0.25, 0.3) is 0 Å². The number of rotatable bonds is 8. The van der Waals surface area contributed by atoms with E-state index in [-0.39, 0.29) is 17.3 Å². The van der Waals surface area contributed by atoms with E-state index in [4.69, 9.17) is 3.32 Å². The van der Waals surface area contributed by atoms with Crippen LogP contribution in [0.25, 0.3) is 0 Å². The molecule has 0 fully saturated rings. The summed E-state index contributed by atoms with van der Waals surface area (Å²) in [5, 5.41) is 21.2. The number of ketones is 3. The molecule has 28 heavy (non-hydrogen) atoms. The van der Waals surface area contributed by atoms with E-state index in [2.05, 4.69) is 0 Å². The molecule has 0 aromatic carbocycles. The van der Waals surface area contributed by atoms with Gasteiger partial charge in [-0.05, 0) is 53.4 Å². The van der Waals surface area contributed by atoms with Gasteiger partial charge in [-0.15, -0.1) is 0 Å². The zero-order valence-electron chi connectivity index (χ0n) is 18.1. The average molecular weight is 436 g/mol. The van der Waals surface area contributed by atoms with Crippen molar-refractivity contribution in [3.63, 3.8) is 0 Å². The number of carbonyl (C=O) groups is 5. The summed E-state index contributed by atoms with van der Waals surface area (Å²) in [6.45, 7) is 12.4. The monoisotopic (exact) mass is 436 g/mol. The van der Waals surface area contributed by atoms with E-state index in [1.54, 1.807) is 27.7 Å². The van der Waals surface area contributed by atoms with Crippen LogP contribution in [0.5, 0.6) is 0 Å². The zero-order chi connectivity index (χ0) is 23.7. The van der Waals surface area contributed by atoms with Crippen molar-refractivity contribution in [1.82, 2.24) is 0 Å². The number of carbonyl (C=O) groups excluding carboxylic acids is 5. The van der Waals surface area contributed by atoms with Crippen molar-refractivity contribution >= 4 is 29.3 Å². The molecule has 0 aliphatic rings. The molecule has 0 rings (SSSR count). The summed E-state index contributed by atoms with van der Waals surface area (Å²) in [5.74, 6) is -2.98. The predicted octanol–water partition coefficient (Wildman–Crippen LogP) is 0.737. The van der Waals surface area contributed by atoms with E-state index in [0.29, 0.717) is 25.7 Å². The third-order valence-electron chi connectivity index (χ3n) is 4.54. The zero-order valence-corrected chi connectivity index (χ0v) is 19.7. The molecule has 0 spiro atoms. The second-order valence-corrected chi connectivity index (χ2v) is 6.17. The van der Waals surface area contributed by atoms with Crippen LogP contribution in [0.3, 0.4) is 0 Å². The number of Topliss-reactive ketones (excluding diaryl/α,β-unsaturated/α-hetero) is 3. The van der Waals surface area contributed by atoms with E-state index in [1.807, 2.05) is 0 Å². The fourth-order valence-electron chi connectivity index (χ4n) is 2.36. The van der Waals surface area contributed by atoms with Gasteiger partial charge < -0.3 is 24.6 Å². The summed E-state index contributed by atoms with van der Waals surface area (Å²) < 4.78 is 8.25. The van der Waals surface area contributed by atoms with Crippen molar-refractivity contribution < 1.29 is 57.9 Å². The third kappa shape index (κ3) is 11.3. The van der Waals surface area contributed by atoms with Crippen LogP contribution in [-0.4, -0.2) is 29.3 Å².